The summed E-state index contributed by atoms with van der Waals surface area (Å²) in [6, 6.07) is 4.17. The Morgan fingerprint density at radius 3 is 2.35 bits per heavy atom. The number of urea groups is 1. The molecule has 2 atom stereocenters. The number of carbonyl (C=O) groups is 4. The van der Waals surface area contributed by atoms with E-state index >= 15 is 0 Å². The first-order valence-electron chi connectivity index (χ1n) is 12.3. The summed E-state index contributed by atoms with van der Waals surface area (Å²) in [6.45, 7) is 4.51. The van der Waals surface area contributed by atoms with E-state index in [2.05, 4.69) is 27.2 Å². The molecule has 37 heavy (non-hydrogen) atoms. The fourth-order valence-electron chi connectivity index (χ4n) is 3.32. The Balaban J connectivity index is 2.78. The van der Waals surface area contributed by atoms with Gasteiger partial charge in [0, 0.05) is 31.7 Å². The maximum Gasteiger partial charge on any atom is 0.312 e. The number of hydrogen-bond donors (Lipinski definition) is 6. The molecular formula is C26H39N5O6. The van der Waals surface area contributed by atoms with Crippen molar-refractivity contribution in [1.82, 2.24) is 16.0 Å². The van der Waals surface area contributed by atoms with Gasteiger partial charge in [-0.25, -0.2) is 4.79 Å². The summed E-state index contributed by atoms with van der Waals surface area (Å²) in [5.74, 6) is 0.986. The SMILES string of the molecule is C#CCCOCCCC(=O)N[C@H](C(=O)N[C@@H](CCCNC(N)=O)C(=O)Nc1ccc(CO)cc1)C(C)C. The van der Waals surface area contributed by atoms with Crippen LogP contribution in [0.1, 0.15) is 51.5 Å². The lowest BCUT2D eigenvalue weighted by Gasteiger charge is -2.25. The molecular weight excluding hydrogens is 478 g/mol. The highest BCUT2D eigenvalue weighted by Crippen LogP contribution is 2.12. The van der Waals surface area contributed by atoms with Gasteiger partial charge in [-0.2, -0.15) is 0 Å². The lowest BCUT2D eigenvalue weighted by Crippen LogP contribution is -2.54. The number of anilines is 1. The molecule has 0 saturated heterocycles. The Labute approximate surface area is 218 Å². The van der Waals surface area contributed by atoms with Crippen LogP contribution < -0.4 is 27.0 Å². The van der Waals surface area contributed by atoms with Crippen LogP contribution in [0.25, 0.3) is 0 Å². The summed E-state index contributed by atoms with van der Waals surface area (Å²) in [4.78, 5) is 49.4. The summed E-state index contributed by atoms with van der Waals surface area (Å²) in [5.41, 5.74) is 6.27. The molecule has 0 heterocycles. The first kappa shape index (κ1) is 31.4. The zero-order valence-corrected chi connectivity index (χ0v) is 21.5. The Bertz CT molecular complexity index is 913. The van der Waals surface area contributed by atoms with E-state index < -0.39 is 29.9 Å². The highest BCUT2D eigenvalue weighted by atomic mass is 16.5. The summed E-state index contributed by atoms with van der Waals surface area (Å²) >= 11 is 0. The molecule has 1 aromatic rings. The fraction of sp³-hybridized carbons (Fsp3) is 0.538. The van der Waals surface area contributed by atoms with Gasteiger partial charge in [0.25, 0.3) is 0 Å². The predicted molar refractivity (Wildman–Crippen MR) is 140 cm³/mol. The van der Waals surface area contributed by atoms with E-state index in [4.69, 9.17) is 16.9 Å². The van der Waals surface area contributed by atoms with Crippen molar-refractivity contribution in [1.29, 1.82) is 0 Å². The Hall–Kier alpha value is -3.62. The number of primary amides is 1. The molecule has 0 fully saturated rings. The van der Waals surface area contributed by atoms with Crippen LogP contribution in [0.2, 0.25) is 0 Å². The van der Waals surface area contributed by atoms with Crippen LogP contribution in [0, 0.1) is 18.3 Å². The quantitative estimate of drug-likeness (QED) is 0.133. The normalized spacial score (nSPS) is 12.2. The van der Waals surface area contributed by atoms with Crippen LogP contribution in [0.3, 0.4) is 0 Å². The maximum atomic E-state index is 13.1. The average Bonchev–Trinajstić information content (AvgIpc) is 2.86. The van der Waals surface area contributed by atoms with Crippen molar-refractivity contribution in [3.63, 3.8) is 0 Å². The Morgan fingerprint density at radius 1 is 1.05 bits per heavy atom. The molecule has 0 unspecified atom stereocenters. The second kappa shape index (κ2) is 17.8. The monoisotopic (exact) mass is 517 g/mol. The van der Waals surface area contributed by atoms with Gasteiger partial charge in [0.1, 0.15) is 12.1 Å². The molecule has 11 nitrogen and oxygen atoms in total. The van der Waals surface area contributed by atoms with Crippen molar-refractivity contribution in [2.75, 3.05) is 25.1 Å². The van der Waals surface area contributed by atoms with Gasteiger partial charge in [0.15, 0.2) is 0 Å². The molecule has 7 N–H and O–H groups in total. The van der Waals surface area contributed by atoms with Gasteiger partial charge >= 0.3 is 6.03 Å². The molecule has 0 spiro atoms. The van der Waals surface area contributed by atoms with Crippen LogP contribution >= 0.6 is 0 Å². The summed E-state index contributed by atoms with van der Waals surface area (Å²) in [7, 11) is 0. The second-order valence-electron chi connectivity index (χ2n) is 8.80. The Kier molecular flexibility index (Phi) is 15.1. The van der Waals surface area contributed by atoms with Gasteiger partial charge in [-0.15, -0.1) is 12.3 Å². The van der Waals surface area contributed by atoms with Crippen molar-refractivity contribution < 1.29 is 29.0 Å². The van der Waals surface area contributed by atoms with Crippen molar-refractivity contribution in [3.8, 4) is 12.3 Å². The number of aliphatic hydroxyl groups excluding tert-OH is 1. The number of hydrogen-bond acceptors (Lipinski definition) is 6. The number of ether oxygens (including phenoxy) is 1. The molecule has 1 aromatic carbocycles. The van der Waals surface area contributed by atoms with Gasteiger partial charge in [0.2, 0.25) is 17.7 Å². The minimum absolute atomic E-state index is 0.124. The summed E-state index contributed by atoms with van der Waals surface area (Å²) in [6.07, 6.45) is 6.93. The van der Waals surface area contributed by atoms with Crippen molar-refractivity contribution in [2.45, 2.75) is 64.6 Å². The lowest BCUT2D eigenvalue weighted by molar-refractivity contribution is -0.132. The lowest BCUT2D eigenvalue weighted by atomic mass is 10.0. The minimum atomic E-state index is -0.928. The van der Waals surface area contributed by atoms with Gasteiger partial charge in [-0.1, -0.05) is 26.0 Å². The minimum Gasteiger partial charge on any atom is -0.392 e. The molecule has 0 aliphatic heterocycles. The van der Waals surface area contributed by atoms with Gasteiger partial charge in [-0.3, -0.25) is 14.4 Å². The molecule has 0 aromatic heterocycles. The van der Waals surface area contributed by atoms with Crippen molar-refractivity contribution in [2.24, 2.45) is 11.7 Å². The maximum absolute atomic E-state index is 13.1. The number of terminal acetylenes is 1. The smallest absolute Gasteiger partial charge is 0.312 e. The third-order valence-electron chi connectivity index (χ3n) is 5.35. The summed E-state index contributed by atoms with van der Waals surface area (Å²) < 4.78 is 5.33. The molecule has 1 rings (SSSR count). The molecule has 204 valence electrons. The van der Waals surface area contributed by atoms with Crippen molar-refractivity contribution >= 4 is 29.4 Å². The third kappa shape index (κ3) is 13.3. The first-order valence-corrected chi connectivity index (χ1v) is 12.3. The number of amides is 5. The topological polar surface area (TPSA) is 172 Å². The molecule has 0 aliphatic carbocycles. The number of nitrogens with one attached hydrogen (secondary N) is 4. The molecule has 0 bridgehead atoms. The standard InChI is InChI=1S/C26H39N5O6/c1-4-5-15-37-16-7-9-22(33)31-23(18(2)3)25(35)30-21(8-6-14-28-26(27)36)24(34)29-20-12-10-19(17-32)11-13-20/h1,10-13,18,21,23,32H,5-9,14-17H2,2-3H3,(H,29,34)(H,30,35)(H,31,33)(H3,27,28,36)/t21-,23-/m0/s1. The highest BCUT2D eigenvalue weighted by molar-refractivity contribution is 5.98. The fourth-order valence-corrected chi connectivity index (χ4v) is 3.32. The van der Waals surface area contributed by atoms with E-state index in [1.54, 1.807) is 38.1 Å². The molecule has 5 amide bonds. The van der Waals surface area contributed by atoms with E-state index in [1.807, 2.05) is 0 Å². The number of rotatable bonds is 17. The van der Waals surface area contributed by atoms with Gasteiger partial charge in [-0.05, 0) is 42.9 Å². The molecule has 11 heteroatoms. The van der Waals surface area contributed by atoms with E-state index in [0.29, 0.717) is 43.7 Å². The number of aliphatic hydroxyl groups is 1. The number of nitrogens with two attached hydrogens (primary N) is 1. The molecule has 0 aliphatic rings. The van der Waals surface area contributed by atoms with E-state index in [9.17, 15) is 24.3 Å². The van der Waals surface area contributed by atoms with Gasteiger partial charge in [0.05, 0.1) is 13.2 Å². The highest BCUT2D eigenvalue weighted by Gasteiger charge is 2.28. The van der Waals surface area contributed by atoms with Crippen LogP contribution in [0.5, 0.6) is 0 Å². The zero-order valence-electron chi connectivity index (χ0n) is 21.5. The van der Waals surface area contributed by atoms with Crippen LogP contribution in [-0.2, 0) is 25.7 Å². The molecule has 0 saturated carbocycles. The number of carbonyl (C=O) groups excluding carboxylic acids is 4. The first-order chi connectivity index (χ1) is 17.7. The van der Waals surface area contributed by atoms with Crippen LogP contribution in [-0.4, -0.2) is 60.7 Å². The predicted octanol–water partition coefficient (Wildman–Crippen LogP) is 1.01. The summed E-state index contributed by atoms with van der Waals surface area (Å²) in [5, 5.41) is 19.9. The second-order valence-corrected chi connectivity index (χ2v) is 8.80. The van der Waals surface area contributed by atoms with Crippen LogP contribution in [0.15, 0.2) is 24.3 Å². The third-order valence-corrected chi connectivity index (χ3v) is 5.35. The molecule has 0 radical (unpaired) electrons. The van der Waals surface area contributed by atoms with E-state index in [0.717, 1.165) is 0 Å². The zero-order chi connectivity index (χ0) is 27.6. The van der Waals surface area contributed by atoms with Crippen LogP contribution in [0.4, 0.5) is 10.5 Å². The van der Waals surface area contributed by atoms with Crippen molar-refractivity contribution in [3.05, 3.63) is 29.8 Å². The largest absolute Gasteiger partial charge is 0.392 e. The Morgan fingerprint density at radius 2 is 1.76 bits per heavy atom. The average molecular weight is 518 g/mol. The van der Waals surface area contributed by atoms with E-state index in [1.165, 1.54) is 0 Å². The van der Waals surface area contributed by atoms with Gasteiger partial charge < -0.3 is 36.8 Å². The van der Waals surface area contributed by atoms with E-state index in [-0.39, 0.29) is 37.8 Å². The number of benzene rings is 1.